The van der Waals surface area contributed by atoms with Gasteiger partial charge in [0.15, 0.2) is 0 Å². The minimum atomic E-state index is -3.51. The van der Waals surface area contributed by atoms with Gasteiger partial charge < -0.3 is 9.08 Å². The van der Waals surface area contributed by atoms with Gasteiger partial charge in [-0.1, -0.05) is 26.0 Å². The van der Waals surface area contributed by atoms with Crippen molar-refractivity contribution in [3.63, 3.8) is 0 Å². The minimum absolute atomic E-state index is 0.0674. The topological polar surface area (TPSA) is 63.7 Å². The molecule has 1 aromatic carbocycles. The van der Waals surface area contributed by atoms with Gasteiger partial charge in [-0.15, -0.1) is 0 Å². The smallest absolute Gasteiger partial charge is 0.308 e. The molecule has 1 aromatic rings. The quantitative estimate of drug-likeness (QED) is 0.646. The van der Waals surface area contributed by atoms with Crippen LogP contribution in [0.2, 0.25) is 0 Å². The van der Waals surface area contributed by atoms with E-state index in [2.05, 4.69) is 6.92 Å². The molecule has 0 aliphatic heterocycles. The fraction of sp³-hybridized carbons (Fsp3) is 0.588. The maximum Gasteiger partial charge on any atom is 0.308 e. The van der Waals surface area contributed by atoms with Gasteiger partial charge in [0, 0.05) is 19.0 Å². The van der Waals surface area contributed by atoms with E-state index in [9.17, 15) is 13.2 Å². The Balaban J connectivity index is 2.83. The molecule has 0 bridgehead atoms. The standard InChI is InChI=1S/C17H27NO4S/c1-5-8-17(19)18(14(4)6-2)13-15-9-11-16(12-10-15)22-23(20,21)7-3/h9-12,14H,5-8,13H2,1-4H3/t14-/m1/s1. The normalized spacial score (nSPS) is 12.7. The monoisotopic (exact) mass is 341 g/mol. The highest BCUT2D eigenvalue weighted by Crippen LogP contribution is 2.18. The minimum Gasteiger partial charge on any atom is -0.382 e. The summed E-state index contributed by atoms with van der Waals surface area (Å²) in [5, 5.41) is 0. The summed E-state index contributed by atoms with van der Waals surface area (Å²) in [7, 11) is -3.51. The van der Waals surface area contributed by atoms with E-state index >= 15 is 0 Å². The van der Waals surface area contributed by atoms with Gasteiger partial charge in [-0.05, 0) is 44.4 Å². The van der Waals surface area contributed by atoms with Crippen molar-refractivity contribution in [3.05, 3.63) is 29.8 Å². The average Bonchev–Trinajstić information content (AvgIpc) is 2.53. The average molecular weight is 341 g/mol. The lowest BCUT2D eigenvalue weighted by molar-refractivity contribution is -0.134. The number of hydrogen-bond donors (Lipinski definition) is 0. The van der Waals surface area contributed by atoms with E-state index in [-0.39, 0.29) is 17.7 Å². The Morgan fingerprint density at radius 3 is 2.26 bits per heavy atom. The van der Waals surface area contributed by atoms with Gasteiger partial charge in [0.1, 0.15) is 5.75 Å². The van der Waals surface area contributed by atoms with Crippen LogP contribution >= 0.6 is 0 Å². The molecule has 0 unspecified atom stereocenters. The Morgan fingerprint density at radius 2 is 1.78 bits per heavy atom. The summed E-state index contributed by atoms with van der Waals surface area (Å²) < 4.78 is 27.8. The van der Waals surface area contributed by atoms with Crippen LogP contribution in [0, 0.1) is 0 Å². The molecule has 1 amide bonds. The maximum absolute atomic E-state index is 12.3. The van der Waals surface area contributed by atoms with Crippen LogP contribution in [0.4, 0.5) is 0 Å². The summed E-state index contributed by atoms with van der Waals surface area (Å²) in [5.41, 5.74) is 0.955. The Bertz CT molecular complexity index is 596. The molecule has 0 heterocycles. The van der Waals surface area contributed by atoms with Crippen LogP contribution in [0.25, 0.3) is 0 Å². The van der Waals surface area contributed by atoms with Gasteiger partial charge in [0.2, 0.25) is 5.91 Å². The second kappa shape index (κ2) is 8.91. The molecule has 23 heavy (non-hydrogen) atoms. The second-order valence-corrected chi connectivity index (χ2v) is 7.46. The molecular formula is C17H27NO4S. The van der Waals surface area contributed by atoms with E-state index in [0.717, 1.165) is 18.4 Å². The summed E-state index contributed by atoms with van der Waals surface area (Å²) in [5.74, 6) is 0.378. The summed E-state index contributed by atoms with van der Waals surface area (Å²) in [6.07, 6.45) is 2.26. The molecule has 0 saturated carbocycles. The molecule has 1 rings (SSSR count). The van der Waals surface area contributed by atoms with Crippen LogP contribution in [0.15, 0.2) is 24.3 Å². The van der Waals surface area contributed by atoms with Crippen LogP contribution in [0.3, 0.4) is 0 Å². The number of carbonyl (C=O) groups is 1. The molecule has 0 spiro atoms. The zero-order valence-corrected chi connectivity index (χ0v) is 15.2. The van der Waals surface area contributed by atoms with Gasteiger partial charge in [-0.25, -0.2) is 0 Å². The van der Waals surface area contributed by atoms with Crippen LogP contribution < -0.4 is 4.18 Å². The summed E-state index contributed by atoms with van der Waals surface area (Å²) >= 11 is 0. The lowest BCUT2D eigenvalue weighted by atomic mass is 10.1. The van der Waals surface area contributed by atoms with Crippen LogP contribution in [-0.2, 0) is 21.5 Å². The molecule has 0 aromatic heterocycles. The van der Waals surface area contributed by atoms with Gasteiger partial charge in [0.05, 0.1) is 5.75 Å². The van der Waals surface area contributed by atoms with Crippen molar-refractivity contribution < 1.29 is 17.4 Å². The van der Waals surface area contributed by atoms with Crippen molar-refractivity contribution in [2.24, 2.45) is 0 Å². The predicted octanol–water partition coefficient (Wildman–Crippen LogP) is 3.34. The summed E-state index contributed by atoms with van der Waals surface area (Å²) in [6.45, 7) is 8.15. The van der Waals surface area contributed by atoms with E-state index in [0.29, 0.717) is 18.7 Å². The number of nitrogens with zero attached hydrogens (tertiary/aromatic N) is 1. The third-order valence-corrected chi connectivity index (χ3v) is 4.91. The number of rotatable bonds is 9. The van der Waals surface area contributed by atoms with Crippen molar-refractivity contribution in [1.29, 1.82) is 0 Å². The van der Waals surface area contributed by atoms with E-state index in [1.165, 1.54) is 6.92 Å². The zero-order valence-electron chi connectivity index (χ0n) is 14.4. The van der Waals surface area contributed by atoms with Crippen LogP contribution in [-0.4, -0.2) is 31.0 Å². The fourth-order valence-electron chi connectivity index (χ4n) is 2.12. The number of amides is 1. The third kappa shape index (κ3) is 6.22. The van der Waals surface area contributed by atoms with Gasteiger partial charge in [0.25, 0.3) is 0 Å². The van der Waals surface area contributed by atoms with Crippen molar-refractivity contribution in [2.75, 3.05) is 5.75 Å². The third-order valence-electron chi connectivity index (χ3n) is 3.76. The molecule has 0 N–H and O–H groups in total. The molecule has 0 saturated heterocycles. The Hall–Kier alpha value is -1.56. The molecule has 0 radical (unpaired) electrons. The Morgan fingerprint density at radius 1 is 1.17 bits per heavy atom. The highest BCUT2D eigenvalue weighted by atomic mass is 32.2. The van der Waals surface area contributed by atoms with Gasteiger partial charge in [-0.3, -0.25) is 4.79 Å². The van der Waals surface area contributed by atoms with Crippen LogP contribution in [0.5, 0.6) is 5.75 Å². The molecule has 0 aliphatic rings. The highest BCUT2D eigenvalue weighted by Gasteiger charge is 2.18. The SMILES string of the molecule is CCCC(=O)N(Cc1ccc(OS(=O)(=O)CC)cc1)[C@H](C)CC. The first-order valence-electron chi connectivity index (χ1n) is 8.13. The first kappa shape index (κ1) is 19.5. The highest BCUT2D eigenvalue weighted by molar-refractivity contribution is 7.87. The van der Waals surface area contributed by atoms with Gasteiger partial charge >= 0.3 is 10.1 Å². The lowest BCUT2D eigenvalue weighted by Crippen LogP contribution is -2.37. The lowest BCUT2D eigenvalue weighted by Gasteiger charge is -2.29. The second-order valence-electron chi connectivity index (χ2n) is 5.60. The first-order valence-corrected chi connectivity index (χ1v) is 9.71. The molecular weight excluding hydrogens is 314 g/mol. The number of benzene rings is 1. The van der Waals surface area contributed by atoms with E-state index in [1.807, 2.05) is 18.7 Å². The van der Waals surface area contributed by atoms with E-state index < -0.39 is 10.1 Å². The maximum atomic E-state index is 12.3. The number of hydrogen-bond acceptors (Lipinski definition) is 4. The zero-order chi connectivity index (χ0) is 17.5. The molecule has 5 nitrogen and oxygen atoms in total. The Labute approximate surface area is 139 Å². The van der Waals surface area contributed by atoms with Crippen molar-refractivity contribution in [2.45, 2.75) is 59.5 Å². The number of carbonyl (C=O) groups excluding carboxylic acids is 1. The molecule has 130 valence electrons. The predicted molar refractivity (Wildman–Crippen MR) is 91.7 cm³/mol. The first-order chi connectivity index (χ1) is 10.8. The van der Waals surface area contributed by atoms with Crippen molar-refractivity contribution in [3.8, 4) is 5.75 Å². The molecule has 0 aliphatic carbocycles. The molecule has 1 atom stereocenters. The summed E-state index contributed by atoms with van der Waals surface area (Å²) in [4.78, 5) is 14.1. The van der Waals surface area contributed by atoms with E-state index in [1.54, 1.807) is 24.3 Å². The molecule has 6 heteroatoms. The Kier molecular flexibility index (Phi) is 7.55. The van der Waals surface area contributed by atoms with E-state index in [4.69, 9.17) is 4.18 Å². The largest absolute Gasteiger partial charge is 0.382 e. The van der Waals surface area contributed by atoms with Crippen LogP contribution in [0.1, 0.15) is 52.5 Å². The molecule has 0 fully saturated rings. The fourth-order valence-corrected chi connectivity index (χ4v) is 2.64. The van der Waals surface area contributed by atoms with Crippen molar-refractivity contribution >= 4 is 16.0 Å². The van der Waals surface area contributed by atoms with Gasteiger partial charge in [-0.2, -0.15) is 8.42 Å². The summed E-state index contributed by atoms with van der Waals surface area (Å²) in [6, 6.07) is 7.03. The van der Waals surface area contributed by atoms with Crippen molar-refractivity contribution in [1.82, 2.24) is 4.90 Å².